The summed E-state index contributed by atoms with van der Waals surface area (Å²) in [5.41, 5.74) is 1.49. The molecule has 5 nitrogen and oxygen atoms in total. The molecule has 2 N–H and O–H groups in total. The number of halogens is 4. The van der Waals surface area contributed by atoms with E-state index in [2.05, 4.69) is 25.3 Å². The molecule has 3 aromatic rings. The third-order valence-corrected chi connectivity index (χ3v) is 3.78. The van der Waals surface area contributed by atoms with Gasteiger partial charge in [0.25, 0.3) is 0 Å². The molecule has 0 unspecified atom stereocenters. The van der Waals surface area contributed by atoms with Crippen molar-refractivity contribution in [1.82, 2.24) is 9.97 Å². The summed E-state index contributed by atoms with van der Waals surface area (Å²) in [7, 11) is 1.64. The second kappa shape index (κ2) is 7.71. The number of nitrogens with zero attached hydrogens (tertiary/aromatic N) is 2. The zero-order valence-corrected chi connectivity index (χ0v) is 14.8. The fourth-order valence-electron chi connectivity index (χ4n) is 2.32. The maximum absolute atomic E-state index is 12.5. The van der Waals surface area contributed by atoms with Gasteiger partial charge in [0, 0.05) is 18.7 Å². The molecule has 9 heteroatoms. The first-order valence-electron chi connectivity index (χ1n) is 7.78. The van der Waals surface area contributed by atoms with Crippen LogP contribution in [0.2, 0.25) is 5.02 Å². The molecular weight excluding hydrogens is 381 g/mol. The van der Waals surface area contributed by atoms with Crippen LogP contribution in [0.1, 0.15) is 0 Å². The highest BCUT2D eigenvalue weighted by molar-refractivity contribution is 6.33. The Hall–Kier alpha value is -3.00. The second-order valence-corrected chi connectivity index (χ2v) is 5.80. The van der Waals surface area contributed by atoms with E-state index < -0.39 is 6.36 Å². The van der Waals surface area contributed by atoms with Crippen molar-refractivity contribution in [3.63, 3.8) is 0 Å². The first kappa shape index (κ1) is 18.8. The topological polar surface area (TPSA) is 59.1 Å². The Labute approximate surface area is 158 Å². The number of anilines is 3. The van der Waals surface area contributed by atoms with Crippen molar-refractivity contribution in [2.45, 2.75) is 6.36 Å². The van der Waals surface area contributed by atoms with Gasteiger partial charge in [0.2, 0.25) is 5.95 Å². The molecule has 0 aliphatic carbocycles. The highest BCUT2D eigenvalue weighted by Crippen LogP contribution is 2.30. The van der Waals surface area contributed by atoms with Gasteiger partial charge in [-0.25, -0.2) is 4.98 Å². The maximum Gasteiger partial charge on any atom is 0.573 e. The lowest BCUT2D eigenvalue weighted by atomic mass is 10.1. The van der Waals surface area contributed by atoms with Crippen LogP contribution in [0.4, 0.5) is 30.6 Å². The molecule has 0 aliphatic rings. The summed E-state index contributed by atoms with van der Waals surface area (Å²) in [5, 5.41) is 6.40. The van der Waals surface area contributed by atoms with Crippen molar-refractivity contribution in [1.29, 1.82) is 0 Å². The van der Waals surface area contributed by atoms with Gasteiger partial charge in [0.05, 0.1) is 16.4 Å². The van der Waals surface area contributed by atoms with Crippen LogP contribution >= 0.6 is 11.6 Å². The SMILES string of the molecule is CNc1nc(Nc2ccccc2Cl)cc(-c2cccc(OC(F)(F)F)c2)n1. The first-order chi connectivity index (χ1) is 12.8. The molecule has 0 atom stereocenters. The van der Waals surface area contributed by atoms with Crippen molar-refractivity contribution in [3.8, 4) is 17.0 Å². The molecule has 0 fully saturated rings. The van der Waals surface area contributed by atoms with E-state index in [4.69, 9.17) is 11.6 Å². The molecule has 0 spiro atoms. The van der Waals surface area contributed by atoms with Gasteiger partial charge in [0.15, 0.2) is 0 Å². The predicted molar refractivity (Wildman–Crippen MR) is 98.4 cm³/mol. The number of aromatic nitrogens is 2. The lowest BCUT2D eigenvalue weighted by Gasteiger charge is -2.12. The average molecular weight is 395 g/mol. The van der Waals surface area contributed by atoms with Gasteiger partial charge in [-0.3, -0.25) is 0 Å². The van der Waals surface area contributed by atoms with Crippen molar-refractivity contribution in [3.05, 3.63) is 59.6 Å². The zero-order chi connectivity index (χ0) is 19.4. The summed E-state index contributed by atoms with van der Waals surface area (Å²) in [6.45, 7) is 0. The molecule has 1 aromatic heterocycles. The quantitative estimate of drug-likeness (QED) is 0.600. The van der Waals surface area contributed by atoms with E-state index >= 15 is 0 Å². The zero-order valence-electron chi connectivity index (χ0n) is 14.0. The second-order valence-electron chi connectivity index (χ2n) is 5.39. The summed E-state index contributed by atoms with van der Waals surface area (Å²) in [4.78, 5) is 8.58. The minimum Gasteiger partial charge on any atom is -0.406 e. The fourth-order valence-corrected chi connectivity index (χ4v) is 2.51. The molecule has 2 aromatic carbocycles. The number of benzene rings is 2. The lowest BCUT2D eigenvalue weighted by Crippen LogP contribution is -2.17. The van der Waals surface area contributed by atoms with Crippen LogP contribution < -0.4 is 15.4 Å². The van der Waals surface area contributed by atoms with E-state index in [1.54, 1.807) is 37.4 Å². The largest absolute Gasteiger partial charge is 0.573 e. The number of hydrogen-bond donors (Lipinski definition) is 2. The smallest absolute Gasteiger partial charge is 0.406 e. The van der Waals surface area contributed by atoms with E-state index in [0.717, 1.165) is 0 Å². The molecule has 0 radical (unpaired) electrons. The highest BCUT2D eigenvalue weighted by Gasteiger charge is 2.31. The lowest BCUT2D eigenvalue weighted by molar-refractivity contribution is -0.274. The first-order valence-corrected chi connectivity index (χ1v) is 8.16. The minimum atomic E-state index is -4.77. The Morgan fingerprint density at radius 3 is 2.48 bits per heavy atom. The Morgan fingerprint density at radius 1 is 1.00 bits per heavy atom. The van der Waals surface area contributed by atoms with Gasteiger partial charge in [-0.05, 0) is 24.3 Å². The molecule has 0 bridgehead atoms. The summed E-state index contributed by atoms with van der Waals surface area (Å²) in [5.74, 6) is 0.397. The van der Waals surface area contributed by atoms with E-state index in [-0.39, 0.29) is 5.75 Å². The normalized spacial score (nSPS) is 11.1. The number of hydrogen-bond acceptors (Lipinski definition) is 5. The number of para-hydroxylation sites is 1. The van der Waals surface area contributed by atoms with E-state index in [9.17, 15) is 13.2 Å². The van der Waals surface area contributed by atoms with Crippen LogP contribution in [-0.2, 0) is 0 Å². The standard InChI is InChI=1S/C18H14ClF3N4O/c1-23-17-25-15(11-5-4-6-12(9-11)27-18(20,21)22)10-16(26-17)24-14-8-3-2-7-13(14)19/h2-10H,1H3,(H2,23,24,25,26). The maximum atomic E-state index is 12.5. The minimum absolute atomic E-state index is 0.296. The Morgan fingerprint density at radius 2 is 1.78 bits per heavy atom. The summed E-state index contributed by atoms with van der Waals surface area (Å²) in [6, 6.07) is 14.3. The molecule has 27 heavy (non-hydrogen) atoms. The predicted octanol–water partition coefficient (Wildman–Crippen LogP) is 5.48. The van der Waals surface area contributed by atoms with Crippen molar-refractivity contribution < 1.29 is 17.9 Å². The van der Waals surface area contributed by atoms with E-state index in [1.807, 2.05) is 6.07 Å². The van der Waals surface area contributed by atoms with Gasteiger partial charge in [0.1, 0.15) is 11.6 Å². The van der Waals surface area contributed by atoms with Gasteiger partial charge >= 0.3 is 6.36 Å². The van der Waals surface area contributed by atoms with Crippen LogP contribution in [-0.4, -0.2) is 23.4 Å². The third-order valence-electron chi connectivity index (χ3n) is 3.45. The van der Waals surface area contributed by atoms with Crippen molar-refractivity contribution >= 4 is 29.1 Å². The molecule has 3 rings (SSSR count). The Kier molecular flexibility index (Phi) is 5.36. The third kappa shape index (κ3) is 5.01. The molecular formula is C18H14ClF3N4O. The van der Waals surface area contributed by atoms with Crippen molar-refractivity contribution in [2.24, 2.45) is 0 Å². The van der Waals surface area contributed by atoms with Crippen LogP contribution in [0.15, 0.2) is 54.6 Å². The van der Waals surface area contributed by atoms with Gasteiger partial charge in [-0.2, -0.15) is 4.98 Å². The molecule has 140 valence electrons. The highest BCUT2D eigenvalue weighted by atomic mass is 35.5. The van der Waals surface area contributed by atoms with E-state index in [0.29, 0.717) is 33.7 Å². The number of alkyl halides is 3. The number of rotatable bonds is 5. The average Bonchev–Trinajstić information content (AvgIpc) is 2.62. The van der Waals surface area contributed by atoms with Crippen molar-refractivity contribution in [2.75, 3.05) is 17.7 Å². The molecule has 0 aliphatic heterocycles. The number of nitrogens with one attached hydrogen (secondary N) is 2. The molecule has 1 heterocycles. The van der Waals surface area contributed by atoms with Crippen LogP contribution in [0.25, 0.3) is 11.3 Å². The Bertz CT molecular complexity index is 950. The molecule has 0 saturated heterocycles. The van der Waals surface area contributed by atoms with Crippen LogP contribution in [0.3, 0.4) is 0 Å². The molecule has 0 amide bonds. The Balaban J connectivity index is 1.96. The van der Waals surface area contributed by atoms with Gasteiger partial charge in [-0.15, -0.1) is 13.2 Å². The fraction of sp³-hybridized carbons (Fsp3) is 0.111. The van der Waals surface area contributed by atoms with Crippen LogP contribution in [0, 0.1) is 0 Å². The summed E-state index contributed by atoms with van der Waals surface area (Å²) in [6.07, 6.45) is -4.77. The van der Waals surface area contributed by atoms with E-state index in [1.165, 1.54) is 18.2 Å². The molecule has 0 saturated carbocycles. The summed E-state index contributed by atoms with van der Waals surface area (Å²) >= 11 is 6.14. The van der Waals surface area contributed by atoms with Crippen LogP contribution in [0.5, 0.6) is 5.75 Å². The monoisotopic (exact) mass is 394 g/mol. The van der Waals surface area contributed by atoms with Gasteiger partial charge in [-0.1, -0.05) is 35.9 Å². The number of ether oxygens (including phenoxy) is 1. The summed E-state index contributed by atoms with van der Waals surface area (Å²) < 4.78 is 41.3. The van der Waals surface area contributed by atoms with Gasteiger partial charge < -0.3 is 15.4 Å².